The van der Waals surface area contributed by atoms with E-state index in [0.717, 1.165) is 6.54 Å². The molecule has 0 spiro atoms. The van der Waals surface area contributed by atoms with Crippen LogP contribution in [0.5, 0.6) is 0 Å². The zero-order valence-electron chi connectivity index (χ0n) is 13.0. The molecule has 0 aromatic heterocycles. The van der Waals surface area contributed by atoms with Crippen molar-refractivity contribution in [1.29, 1.82) is 0 Å². The molecule has 1 N–H and O–H groups in total. The van der Waals surface area contributed by atoms with Crippen molar-refractivity contribution in [2.45, 2.75) is 52.0 Å². The highest BCUT2D eigenvalue weighted by atomic mass is 15.1. The van der Waals surface area contributed by atoms with E-state index in [1.807, 2.05) is 0 Å². The standard InChI is InChI=1S/C18H28N2/c1-3-18(9-4-5-10-18)14-19-13-15-6-7-17-16(12-15)8-11-20(17)2/h6-7,12,19H,3-5,8-11,13-14H2,1-2H3. The van der Waals surface area contributed by atoms with Gasteiger partial charge in [0.2, 0.25) is 0 Å². The van der Waals surface area contributed by atoms with Gasteiger partial charge in [0.05, 0.1) is 0 Å². The van der Waals surface area contributed by atoms with Crippen molar-refractivity contribution in [1.82, 2.24) is 5.32 Å². The summed E-state index contributed by atoms with van der Waals surface area (Å²) in [5.41, 5.74) is 4.99. The lowest BCUT2D eigenvalue weighted by Gasteiger charge is -2.27. The molecule has 0 radical (unpaired) electrons. The summed E-state index contributed by atoms with van der Waals surface area (Å²) in [6.07, 6.45) is 8.24. The molecule has 1 aromatic carbocycles. The number of benzene rings is 1. The third-order valence-electron chi connectivity index (χ3n) is 5.52. The quantitative estimate of drug-likeness (QED) is 0.878. The van der Waals surface area contributed by atoms with E-state index in [-0.39, 0.29) is 0 Å². The highest BCUT2D eigenvalue weighted by Crippen LogP contribution is 2.40. The minimum Gasteiger partial charge on any atom is -0.374 e. The van der Waals surface area contributed by atoms with Crippen molar-refractivity contribution in [2.75, 3.05) is 25.0 Å². The van der Waals surface area contributed by atoms with Crippen molar-refractivity contribution in [3.05, 3.63) is 29.3 Å². The van der Waals surface area contributed by atoms with E-state index in [2.05, 4.69) is 42.4 Å². The van der Waals surface area contributed by atoms with Gasteiger partial charge in [-0.25, -0.2) is 0 Å². The van der Waals surface area contributed by atoms with E-state index in [9.17, 15) is 0 Å². The van der Waals surface area contributed by atoms with Crippen LogP contribution in [0, 0.1) is 5.41 Å². The molecule has 3 rings (SSSR count). The third-order valence-corrected chi connectivity index (χ3v) is 5.52. The maximum Gasteiger partial charge on any atom is 0.0397 e. The smallest absolute Gasteiger partial charge is 0.0397 e. The Hall–Kier alpha value is -1.02. The van der Waals surface area contributed by atoms with Gasteiger partial charge in [0, 0.05) is 32.4 Å². The van der Waals surface area contributed by atoms with Crippen LogP contribution in [0.1, 0.15) is 50.2 Å². The summed E-state index contributed by atoms with van der Waals surface area (Å²) in [6, 6.07) is 6.99. The van der Waals surface area contributed by atoms with E-state index in [4.69, 9.17) is 0 Å². The molecular weight excluding hydrogens is 244 g/mol. The van der Waals surface area contributed by atoms with E-state index < -0.39 is 0 Å². The van der Waals surface area contributed by atoms with Crippen molar-refractivity contribution in [3.63, 3.8) is 0 Å². The van der Waals surface area contributed by atoms with Gasteiger partial charge in [-0.15, -0.1) is 0 Å². The number of rotatable bonds is 5. The molecule has 0 bridgehead atoms. The maximum absolute atomic E-state index is 3.72. The van der Waals surface area contributed by atoms with Crippen LogP contribution in [-0.2, 0) is 13.0 Å². The van der Waals surface area contributed by atoms with Crippen LogP contribution >= 0.6 is 0 Å². The fraction of sp³-hybridized carbons (Fsp3) is 0.667. The van der Waals surface area contributed by atoms with Crippen LogP contribution in [0.2, 0.25) is 0 Å². The molecule has 0 saturated heterocycles. The van der Waals surface area contributed by atoms with Gasteiger partial charge in [0.15, 0.2) is 0 Å². The molecular formula is C18H28N2. The average molecular weight is 272 g/mol. The van der Waals surface area contributed by atoms with Gasteiger partial charge in [-0.3, -0.25) is 0 Å². The summed E-state index contributed by atoms with van der Waals surface area (Å²) >= 11 is 0. The second-order valence-electron chi connectivity index (χ2n) is 6.80. The molecule has 0 unspecified atom stereocenters. The third kappa shape index (κ3) is 2.71. The van der Waals surface area contributed by atoms with Crippen molar-refractivity contribution in [3.8, 4) is 0 Å². The zero-order chi connectivity index (χ0) is 14.0. The Morgan fingerprint density at radius 3 is 2.80 bits per heavy atom. The van der Waals surface area contributed by atoms with Gasteiger partial charge in [0.25, 0.3) is 0 Å². The molecule has 1 fully saturated rings. The lowest BCUT2D eigenvalue weighted by molar-refractivity contribution is 0.268. The van der Waals surface area contributed by atoms with Gasteiger partial charge in [-0.05, 0) is 48.3 Å². The second kappa shape index (κ2) is 5.77. The summed E-state index contributed by atoms with van der Waals surface area (Å²) in [6.45, 7) is 5.75. The maximum atomic E-state index is 3.72. The molecule has 2 aliphatic rings. The highest BCUT2D eigenvalue weighted by molar-refractivity contribution is 5.58. The SMILES string of the molecule is CCC1(CNCc2ccc3c(c2)CCN3C)CCCC1. The summed E-state index contributed by atoms with van der Waals surface area (Å²) in [5, 5.41) is 3.72. The van der Waals surface area contributed by atoms with Gasteiger partial charge in [-0.1, -0.05) is 31.9 Å². The van der Waals surface area contributed by atoms with Gasteiger partial charge in [-0.2, -0.15) is 0 Å². The Balaban J connectivity index is 1.56. The summed E-state index contributed by atoms with van der Waals surface area (Å²) in [4.78, 5) is 2.36. The molecule has 1 heterocycles. The first-order chi connectivity index (χ1) is 9.72. The predicted molar refractivity (Wildman–Crippen MR) is 86.3 cm³/mol. The molecule has 1 aliphatic heterocycles. The van der Waals surface area contributed by atoms with Gasteiger partial charge in [0.1, 0.15) is 0 Å². The number of nitrogens with one attached hydrogen (secondary N) is 1. The molecule has 0 atom stereocenters. The summed E-state index contributed by atoms with van der Waals surface area (Å²) < 4.78 is 0. The number of anilines is 1. The van der Waals surface area contributed by atoms with Crippen LogP contribution < -0.4 is 10.2 Å². The Labute approximate surface area is 123 Å². The second-order valence-corrected chi connectivity index (χ2v) is 6.80. The number of hydrogen-bond acceptors (Lipinski definition) is 2. The first kappa shape index (κ1) is 13.9. The van der Waals surface area contributed by atoms with E-state index >= 15 is 0 Å². The van der Waals surface area contributed by atoms with Crippen LogP contribution in [0.3, 0.4) is 0 Å². The molecule has 1 saturated carbocycles. The lowest BCUT2D eigenvalue weighted by Crippen LogP contribution is -2.31. The van der Waals surface area contributed by atoms with Crippen molar-refractivity contribution in [2.24, 2.45) is 5.41 Å². The molecule has 1 aliphatic carbocycles. The predicted octanol–water partition coefficient (Wildman–Crippen LogP) is 3.74. The van der Waals surface area contributed by atoms with Crippen LogP contribution in [0.4, 0.5) is 5.69 Å². The van der Waals surface area contributed by atoms with Crippen molar-refractivity contribution < 1.29 is 0 Å². The van der Waals surface area contributed by atoms with Gasteiger partial charge >= 0.3 is 0 Å². The number of hydrogen-bond donors (Lipinski definition) is 1. The van der Waals surface area contributed by atoms with Crippen molar-refractivity contribution >= 4 is 5.69 Å². The van der Waals surface area contributed by atoms with Crippen LogP contribution in [0.15, 0.2) is 18.2 Å². The number of nitrogens with zero attached hydrogens (tertiary/aromatic N) is 1. The van der Waals surface area contributed by atoms with Gasteiger partial charge < -0.3 is 10.2 Å². The normalized spacial score (nSPS) is 20.4. The molecule has 1 aromatic rings. The minimum atomic E-state index is 0.594. The Bertz CT molecular complexity index is 460. The topological polar surface area (TPSA) is 15.3 Å². The monoisotopic (exact) mass is 272 g/mol. The van der Waals surface area contributed by atoms with E-state index in [1.165, 1.54) is 68.4 Å². The summed E-state index contributed by atoms with van der Waals surface area (Å²) in [5.74, 6) is 0. The first-order valence-electron chi connectivity index (χ1n) is 8.26. The van der Waals surface area contributed by atoms with E-state index in [1.54, 1.807) is 0 Å². The fourth-order valence-electron chi connectivity index (χ4n) is 3.98. The number of likely N-dealkylation sites (N-methyl/N-ethyl adjacent to an activating group) is 1. The molecule has 0 amide bonds. The van der Waals surface area contributed by atoms with Crippen LogP contribution in [-0.4, -0.2) is 20.1 Å². The molecule has 20 heavy (non-hydrogen) atoms. The molecule has 2 nitrogen and oxygen atoms in total. The Kier molecular flexibility index (Phi) is 4.02. The average Bonchev–Trinajstić information content (AvgIpc) is 3.07. The largest absolute Gasteiger partial charge is 0.374 e. The first-order valence-corrected chi connectivity index (χ1v) is 8.26. The molecule has 110 valence electrons. The summed E-state index contributed by atoms with van der Waals surface area (Å²) in [7, 11) is 2.19. The van der Waals surface area contributed by atoms with Crippen LogP contribution in [0.25, 0.3) is 0 Å². The fourth-order valence-corrected chi connectivity index (χ4v) is 3.98. The Morgan fingerprint density at radius 1 is 1.25 bits per heavy atom. The van der Waals surface area contributed by atoms with E-state index in [0.29, 0.717) is 5.41 Å². The molecule has 2 heteroatoms. The zero-order valence-corrected chi connectivity index (χ0v) is 13.0. The lowest BCUT2D eigenvalue weighted by atomic mass is 9.83. The Morgan fingerprint density at radius 2 is 2.05 bits per heavy atom. The minimum absolute atomic E-state index is 0.594. The highest BCUT2D eigenvalue weighted by Gasteiger charge is 2.31. The number of fused-ring (bicyclic) bond motifs is 1.